The van der Waals surface area contributed by atoms with Gasteiger partial charge in [-0.1, -0.05) is 28.1 Å². The van der Waals surface area contributed by atoms with E-state index in [1.807, 2.05) is 24.3 Å². The number of benzene rings is 1. The highest BCUT2D eigenvalue weighted by Gasteiger charge is 2.14. The van der Waals surface area contributed by atoms with Gasteiger partial charge in [0.1, 0.15) is 11.3 Å². The predicted octanol–water partition coefficient (Wildman–Crippen LogP) is 2.19. The molecule has 0 unspecified atom stereocenters. The van der Waals surface area contributed by atoms with Crippen LogP contribution in [0.1, 0.15) is 0 Å². The van der Waals surface area contributed by atoms with E-state index in [2.05, 4.69) is 30.9 Å². The highest BCUT2D eigenvalue weighted by molar-refractivity contribution is 9.10. The van der Waals surface area contributed by atoms with Gasteiger partial charge in [0, 0.05) is 23.2 Å². The van der Waals surface area contributed by atoms with Crippen LogP contribution in [0, 0.1) is 0 Å². The van der Waals surface area contributed by atoms with Crippen molar-refractivity contribution in [3.8, 4) is 11.3 Å². The Labute approximate surface area is 136 Å². The average Bonchev–Trinajstić information content (AvgIpc) is 2.95. The number of nitrogens with one attached hydrogen (secondary N) is 1. The zero-order valence-electron chi connectivity index (χ0n) is 11.8. The van der Waals surface area contributed by atoms with Crippen LogP contribution in [0.4, 0.5) is 0 Å². The first-order chi connectivity index (χ1) is 11.0. The highest BCUT2D eigenvalue weighted by Crippen LogP contribution is 2.27. The zero-order chi connectivity index (χ0) is 16.1. The maximum atomic E-state index is 11.9. The lowest BCUT2D eigenvalue weighted by Crippen LogP contribution is -2.29. The van der Waals surface area contributed by atoms with Crippen LogP contribution in [-0.4, -0.2) is 19.5 Å². The lowest BCUT2D eigenvalue weighted by atomic mass is 10.2. The van der Waals surface area contributed by atoms with E-state index in [0.717, 1.165) is 10.0 Å². The number of nitrogens with zero attached hydrogens (tertiary/aromatic N) is 3. The highest BCUT2D eigenvalue weighted by atomic mass is 79.9. The molecule has 0 aliphatic heterocycles. The maximum Gasteiger partial charge on any atom is 0.329 e. The van der Waals surface area contributed by atoms with Crippen molar-refractivity contribution in [1.82, 2.24) is 19.5 Å². The number of furan rings is 1. The molecule has 0 aliphatic rings. The molecule has 8 heteroatoms. The Bertz CT molecular complexity index is 1170. The Morgan fingerprint density at radius 2 is 1.91 bits per heavy atom. The Morgan fingerprint density at radius 1 is 1.17 bits per heavy atom. The fourth-order valence-electron chi connectivity index (χ4n) is 2.33. The summed E-state index contributed by atoms with van der Waals surface area (Å²) < 4.78 is 7.91. The van der Waals surface area contributed by atoms with Gasteiger partial charge >= 0.3 is 5.69 Å². The van der Waals surface area contributed by atoms with Crippen molar-refractivity contribution in [3.63, 3.8) is 0 Å². The summed E-state index contributed by atoms with van der Waals surface area (Å²) in [5.41, 5.74) is 0.765. The number of halogens is 1. The second kappa shape index (κ2) is 4.88. The minimum absolute atomic E-state index is 0.0998. The molecule has 3 aromatic heterocycles. The Hall–Kier alpha value is -2.74. The van der Waals surface area contributed by atoms with Crippen LogP contribution in [0.5, 0.6) is 0 Å². The van der Waals surface area contributed by atoms with Crippen molar-refractivity contribution >= 4 is 38.3 Å². The molecule has 0 radical (unpaired) electrons. The minimum Gasteiger partial charge on any atom is -0.436 e. The van der Waals surface area contributed by atoms with Gasteiger partial charge in [0.15, 0.2) is 11.2 Å². The summed E-state index contributed by atoms with van der Waals surface area (Å²) in [5.74, 6) is 0.587. The van der Waals surface area contributed by atoms with Gasteiger partial charge in [-0.05, 0) is 12.1 Å². The normalized spacial score (nSPS) is 11.4. The van der Waals surface area contributed by atoms with Crippen LogP contribution in [-0.2, 0) is 7.05 Å². The third-order valence-electron chi connectivity index (χ3n) is 3.53. The molecule has 4 aromatic rings. The van der Waals surface area contributed by atoms with Crippen LogP contribution in [0.15, 0.2) is 48.8 Å². The number of fused-ring (bicyclic) bond motifs is 2. The smallest absolute Gasteiger partial charge is 0.329 e. The van der Waals surface area contributed by atoms with Crippen molar-refractivity contribution in [2.75, 3.05) is 0 Å². The van der Waals surface area contributed by atoms with Crippen LogP contribution >= 0.6 is 15.9 Å². The molecular weight excluding hydrogens is 364 g/mol. The number of hydrogen-bond donors (Lipinski definition) is 1. The molecule has 23 heavy (non-hydrogen) atoms. The molecule has 0 atom stereocenters. The Morgan fingerprint density at radius 3 is 2.65 bits per heavy atom. The number of H-pyrrole nitrogens is 1. The Kier molecular flexibility index (Phi) is 2.95. The lowest BCUT2D eigenvalue weighted by Gasteiger charge is -2.00. The number of aryl methyl sites for hydroxylation is 1. The molecule has 0 amide bonds. The van der Waals surface area contributed by atoms with E-state index in [9.17, 15) is 9.59 Å². The van der Waals surface area contributed by atoms with Crippen molar-refractivity contribution < 1.29 is 4.42 Å². The van der Waals surface area contributed by atoms with E-state index in [-0.39, 0.29) is 16.9 Å². The largest absolute Gasteiger partial charge is 0.436 e. The number of aromatic nitrogens is 4. The van der Waals surface area contributed by atoms with Gasteiger partial charge in [0.2, 0.25) is 5.71 Å². The molecular formula is C15H9BrN4O3. The molecule has 0 fully saturated rings. The number of rotatable bonds is 1. The summed E-state index contributed by atoms with van der Waals surface area (Å²) in [4.78, 5) is 34.3. The average molecular weight is 373 g/mol. The topological polar surface area (TPSA) is 93.8 Å². The van der Waals surface area contributed by atoms with E-state index in [4.69, 9.17) is 4.42 Å². The summed E-state index contributed by atoms with van der Waals surface area (Å²) >= 11 is 3.38. The lowest BCUT2D eigenvalue weighted by molar-refractivity contribution is 0.618. The van der Waals surface area contributed by atoms with Gasteiger partial charge in [-0.15, -0.1) is 0 Å². The summed E-state index contributed by atoms with van der Waals surface area (Å²) in [5, 5.41) is 0. The van der Waals surface area contributed by atoms with Crippen LogP contribution < -0.4 is 11.2 Å². The summed E-state index contributed by atoms with van der Waals surface area (Å²) in [6, 6.07) is 9.30. The number of aromatic amines is 1. The Balaban J connectivity index is 2.02. The third kappa shape index (κ3) is 2.18. The van der Waals surface area contributed by atoms with Gasteiger partial charge in [-0.3, -0.25) is 14.3 Å². The van der Waals surface area contributed by atoms with Crippen LogP contribution in [0.3, 0.4) is 0 Å². The summed E-state index contributed by atoms with van der Waals surface area (Å²) in [6.45, 7) is 0. The van der Waals surface area contributed by atoms with Crippen molar-refractivity contribution in [1.29, 1.82) is 0 Å². The van der Waals surface area contributed by atoms with E-state index >= 15 is 0 Å². The first-order valence-corrected chi connectivity index (χ1v) is 7.49. The monoisotopic (exact) mass is 372 g/mol. The molecule has 0 spiro atoms. The second-order valence-electron chi connectivity index (χ2n) is 5.02. The fourth-order valence-corrected chi connectivity index (χ4v) is 2.59. The molecule has 114 valence electrons. The third-order valence-corrected chi connectivity index (χ3v) is 4.06. The second-order valence-corrected chi connectivity index (χ2v) is 5.94. The zero-order valence-corrected chi connectivity index (χ0v) is 13.4. The summed E-state index contributed by atoms with van der Waals surface area (Å²) in [7, 11) is 1.51. The first-order valence-electron chi connectivity index (χ1n) is 6.69. The van der Waals surface area contributed by atoms with Crippen LogP contribution in [0.25, 0.3) is 33.7 Å². The fraction of sp³-hybridized carbons (Fsp3) is 0.0667. The van der Waals surface area contributed by atoms with E-state index in [0.29, 0.717) is 11.3 Å². The van der Waals surface area contributed by atoms with Crippen LogP contribution in [0.2, 0.25) is 0 Å². The summed E-state index contributed by atoms with van der Waals surface area (Å²) in [6.07, 6.45) is 0. The molecule has 0 bridgehead atoms. The molecule has 4 rings (SSSR count). The van der Waals surface area contributed by atoms with Gasteiger partial charge < -0.3 is 4.42 Å². The van der Waals surface area contributed by atoms with Crippen molar-refractivity contribution in [2.24, 2.45) is 7.05 Å². The van der Waals surface area contributed by atoms with Gasteiger partial charge in [-0.2, -0.15) is 4.98 Å². The predicted molar refractivity (Wildman–Crippen MR) is 88.3 cm³/mol. The molecule has 0 aliphatic carbocycles. The first kappa shape index (κ1) is 13.9. The van der Waals surface area contributed by atoms with Gasteiger partial charge in [0.05, 0.1) is 0 Å². The maximum absolute atomic E-state index is 11.9. The minimum atomic E-state index is -0.566. The standard InChI is InChI=1S/C15H9BrN4O3/c1-20-12-11(13(21)19-15(20)22)17-9-6-10(23-14(9)18-12)7-2-4-8(16)5-3-7/h2-6H,1H3,(H,19,21,22). The molecule has 0 saturated carbocycles. The van der Waals surface area contributed by atoms with Crippen molar-refractivity contribution in [2.45, 2.75) is 0 Å². The van der Waals surface area contributed by atoms with E-state index in [1.165, 1.54) is 11.6 Å². The van der Waals surface area contributed by atoms with Gasteiger partial charge in [-0.25, -0.2) is 9.78 Å². The number of hydrogen-bond acceptors (Lipinski definition) is 5. The SMILES string of the molecule is Cn1c(=O)[nH]c(=O)c2nc3cc(-c4ccc(Br)cc4)oc3nc21. The molecule has 7 nitrogen and oxygen atoms in total. The van der Waals surface area contributed by atoms with Gasteiger partial charge in [0.25, 0.3) is 5.56 Å². The quantitative estimate of drug-likeness (QED) is 0.552. The molecule has 1 aromatic carbocycles. The molecule has 1 N–H and O–H groups in total. The molecule has 0 saturated heterocycles. The van der Waals surface area contributed by atoms with E-state index in [1.54, 1.807) is 6.07 Å². The van der Waals surface area contributed by atoms with Crippen molar-refractivity contribution in [3.05, 3.63) is 55.6 Å². The molecule has 3 heterocycles. The van der Waals surface area contributed by atoms with E-state index < -0.39 is 11.2 Å².